The normalized spacial score (nSPS) is 16.5. The molecule has 1 amide bonds. The number of fused-ring (bicyclic) bond motifs is 1. The van der Waals surface area contributed by atoms with Gasteiger partial charge in [-0.25, -0.2) is 9.37 Å². The summed E-state index contributed by atoms with van der Waals surface area (Å²) in [6.45, 7) is 0.543. The molecule has 1 saturated heterocycles. The number of nitrogens with zero attached hydrogens (tertiary/aromatic N) is 2. The molecular weight excluding hydrogens is 359 g/mol. The van der Waals surface area contributed by atoms with Crippen LogP contribution in [-0.2, 0) is 0 Å². The molecule has 0 bridgehead atoms. The minimum absolute atomic E-state index is 0.0608. The molecule has 1 aliphatic heterocycles. The van der Waals surface area contributed by atoms with Gasteiger partial charge in [0.2, 0.25) is 0 Å². The van der Waals surface area contributed by atoms with E-state index in [1.807, 2.05) is 24.3 Å². The number of aromatic nitrogens is 1. The quantitative estimate of drug-likeness (QED) is 0.751. The van der Waals surface area contributed by atoms with Crippen LogP contribution in [0.3, 0.4) is 0 Å². The highest BCUT2D eigenvalue weighted by Gasteiger charge is 2.30. The molecule has 0 unspecified atom stereocenters. The van der Waals surface area contributed by atoms with Crippen LogP contribution in [0.5, 0.6) is 5.75 Å². The molecule has 2 heterocycles. The zero-order chi connectivity index (χ0) is 19.7. The van der Waals surface area contributed by atoms with E-state index in [0.717, 1.165) is 12.8 Å². The molecule has 5 nitrogen and oxygen atoms in total. The van der Waals surface area contributed by atoms with Crippen molar-refractivity contribution in [3.05, 3.63) is 59.9 Å². The van der Waals surface area contributed by atoms with Crippen molar-refractivity contribution in [2.24, 2.45) is 0 Å². The van der Waals surface area contributed by atoms with E-state index in [1.165, 1.54) is 13.2 Å². The first-order valence-corrected chi connectivity index (χ1v) is 9.28. The number of ether oxygens (including phenoxy) is 1. The summed E-state index contributed by atoms with van der Waals surface area (Å²) in [4.78, 5) is 19.5. The lowest BCUT2D eigenvalue weighted by molar-refractivity contribution is 0.0679. The van der Waals surface area contributed by atoms with Crippen LogP contribution in [0.25, 0.3) is 22.2 Å². The molecule has 1 atom stereocenters. The van der Waals surface area contributed by atoms with Gasteiger partial charge in [-0.05, 0) is 37.1 Å². The smallest absolute Gasteiger partial charge is 0.254 e. The molecule has 1 fully saturated rings. The molecule has 0 saturated carbocycles. The van der Waals surface area contributed by atoms with E-state index in [-0.39, 0.29) is 18.6 Å². The van der Waals surface area contributed by atoms with Gasteiger partial charge in [-0.2, -0.15) is 0 Å². The topological polar surface area (TPSA) is 62.7 Å². The lowest BCUT2D eigenvalue weighted by atomic mass is 10.0. The Kier molecular flexibility index (Phi) is 4.96. The molecule has 0 radical (unpaired) electrons. The maximum absolute atomic E-state index is 14.6. The highest BCUT2D eigenvalue weighted by Crippen LogP contribution is 2.30. The number of rotatable bonds is 4. The Morgan fingerprint density at radius 3 is 2.86 bits per heavy atom. The monoisotopic (exact) mass is 380 g/mol. The van der Waals surface area contributed by atoms with Crippen LogP contribution < -0.4 is 4.74 Å². The van der Waals surface area contributed by atoms with Crippen LogP contribution in [-0.4, -0.2) is 47.2 Å². The van der Waals surface area contributed by atoms with Gasteiger partial charge in [0.1, 0.15) is 11.6 Å². The van der Waals surface area contributed by atoms with Gasteiger partial charge in [0.25, 0.3) is 5.91 Å². The number of methoxy groups -OCH3 is 1. The number of likely N-dealkylation sites (tertiary alicyclic amines) is 1. The third kappa shape index (κ3) is 3.20. The van der Waals surface area contributed by atoms with E-state index in [0.29, 0.717) is 40.0 Å². The first-order valence-electron chi connectivity index (χ1n) is 9.28. The zero-order valence-electron chi connectivity index (χ0n) is 15.6. The molecule has 3 aromatic rings. The summed E-state index contributed by atoms with van der Waals surface area (Å²) < 4.78 is 19.7. The molecule has 1 aromatic heterocycles. The summed E-state index contributed by atoms with van der Waals surface area (Å²) in [5, 5.41) is 10.3. The molecule has 2 aromatic carbocycles. The van der Waals surface area contributed by atoms with Gasteiger partial charge in [0.15, 0.2) is 0 Å². The Bertz CT molecular complexity index is 1040. The predicted octanol–water partition coefficient (Wildman–Crippen LogP) is 3.65. The molecule has 144 valence electrons. The van der Waals surface area contributed by atoms with E-state index in [4.69, 9.17) is 4.74 Å². The van der Waals surface area contributed by atoms with E-state index in [1.54, 1.807) is 23.1 Å². The Morgan fingerprint density at radius 1 is 1.29 bits per heavy atom. The second kappa shape index (κ2) is 7.56. The Hall–Kier alpha value is -2.99. The highest BCUT2D eigenvalue weighted by atomic mass is 19.1. The summed E-state index contributed by atoms with van der Waals surface area (Å²) in [5.74, 6) is -0.207. The Balaban J connectivity index is 1.85. The molecule has 6 heteroatoms. The second-order valence-corrected chi connectivity index (χ2v) is 6.90. The number of carbonyl (C=O) groups is 1. The van der Waals surface area contributed by atoms with Crippen LogP contribution in [0.15, 0.2) is 48.5 Å². The first kappa shape index (κ1) is 18.4. The lowest BCUT2D eigenvalue weighted by Crippen LogP contribution is -2.37. The van der Waals surface area contributed by atoms with Crippen molar-refractivity contribution < 1.29 is 19.0 Å². The second-order valence-electron chi connectivity index (χ2n) is 6.90. The van der Waals surface area contributed by atoms with Crippen molar-refractivity contribution >= 4 is 16.8 Å². The van der Waals surface area contributed by atoms with E-state index in [9.17, 15) is 14.3 Å². The van der Waals surface area contributed by atoms with Gasteiger partial charge in [-0.15, -0.1) is 0 Å². The van der Waals surface area contributed by atoms with Crippen molar-refractivity contribution in [2.75, 3.05) is 20.3 Å². The van der Waals surface area contributed by atoms with Gasteiger partial charge >= 0.3 is 0 Å². The minimum Gasteiger partial charge on any atom is -0.497 e. The first-order chi connectivity index (χ1) is 13.6. The van der Waals surface area contributed by atoms with Crippen LogP contribution >= 0.6 is 0 Å². The summed E-state index contributed by atoms with van der Waals surface area (Å²) >= 11 is 0. The number of carbonyl (C=O) groups excluding carboxylic acids is 1. The number of aliphatic hydroxyl groups excluding tert-OH is 1. The summed E-state index contributed by atoms with van der Waals surface area (Å²) in [6, 6.07) is 13.4. The van der Waals surface area contributed by atoms with E-state index < -0.39 is 5.82 Å². The van der Waals surface area contributed by atoms with Gasteiger partial charge in [0, 0.05) is 23.6 Å². The van der Waals surface area contributed by atoms with Crippen molar-refractivity contribution in [3.63, 3.8) is 0 Å². The Labute approximate surface area is 162 Å². The maximum Gasteiger partial charge on any atom is 0.254 e. The molecule has 0 spiro atoms. The minimum atomic E-state index is -0.463. The number of halogens is 1. The lowest BCUT2D eigenvalue weighted by Gasteiger charge is -2.24. The standard InChI is InChI=1S/C22H21FN2O3/c1-28-15-8-9-17(19(23)11-15)21-12-18(16-6-2-3-7-20(16)24-21)22(27)25-10-4-5-14(25)13-26/h2-3,6-9,11-12,14,26H,4-5,10,13H2,1H3/t14-/m1/s1. The van der Waals surface area contributed by atoms with Crippen LogP contribution in [0, 0.1) is 5.82 Å². The van der Waals surface area contributed by atoms with Crippen molar-refractivity contribution in [3.8, 4) is 17.0 Å². The molecule has 1 N–H and O–H groups in total. The highest BCUT2D eigenvalue weighted by molar-refractivity contribution is 6.07. The average molecular weight is 380 g/mol. The maximum atomic E-state index is 14.6. The Morgan fingerprint density at radius 2 is 2.11 bits per heavy atom. The summed E-state index contributed by atoms with van der Waals surface area (Å²) in [7, 11) is 1.48. The predicted molar refractivity (Wildman–Crippen MR) is 105 cm³/mol. The number of hydrogen-bond donors (Lipinski definition) is 1. The third-order valence-electron chi connectivity index (χ3n) is 5.25. The van der Waals surface area contributed by atoms with E-state index >= 15 is 0 Å². The molecule has 28 heavy (non-hydrogen) atoms. The number of pyridine rings is 1. The third-order valence-corrected chi connectivity index (χ3v) is 5.25. The van der Waals surface area contributed by atoms with Gasteiger partial charge < -0.3 is 14.7 Å². The number of amides is 1. The number of para-hydroxylation sites is 1. The summed E-state index contributed by atoms with van der Waals surface area (Å²) in [6.07, 6.45) is 1.64. The van der Waals surface area contributed by atoms with Gasteiger partial charge in [0.05, 0.1) is 36.5 Å². The fraction of sp³-hybridized carbons (Fsp3) is 0.273. The zero-order valence-corrected chi connectivity index (χ0v) is 15.6. The summed E-state index contributed by atoms with van der Waals surface area (Å²) in [5.41, 5.74) is 1.79. The van der Waals surface area contributed by atoms with Crippen molar-refractivity contribution in [1.29, 1.82) is 0 Å². The van der Waals surface area contributed by atoms with E-state index in [2.05, 4.69) is 4.98 Å². The van der Waals surface area contributed by atoms with Crippen LogP contribution in [0.4, 0.5) is 4.39 Å². The SMILES string of the molecule is COc1ccc(-c2cc(C(=O)N3CCC[C@@H]3CO)c3ccccc3n2)c(F)c1. The van der Waals surface area contributed by atoms with Crippen LogP contribution in [0.1, 0.15) is 23.2 Å². The average Bonchev–Trinajstić information content (AvgIpc) is 3.21. The van der Waals surface area contributed by atoms with Crippen molar-refractivity contribution in [1.82, 2.24) is 9.88 Å². The molecule has 4 rings (SSSR count). The molecular formula is C22H21FN2O3. The number of benzene rings is 2. The number of hydrogen-bond acceptors (Lipinski definition) is 4. The molecule has 1 aliphatic rings. The molecule has 0 aliphatic carbocycles. The van der Waals surface area contributed by atoms with Gasteiger partial charge in [-0.3, -0.25) is 4.79 Å². The largest absolute Gasteiger partial charge is 0.497 e. The fourth-order valence-corrected chi connectivity index (χ4v) is 3.77. The fourth-order valence-electron chi connectivity index (χ4n) is 3.77. The van der Waals surface area contributed by atoms with Crippen molar-refractivity contribution in [2.45, 2.75) is 18.9 Å². The van der Waals surface area contributed by atoms with Gasteiger partial charge in [-0.1, -0.05) is 18.2 Å². The number of aliphatic hydroxyl groups is 1. The van der Waals surface area contributed by atoms with Crippen LogP contribution in [0.2, 0.25) is 0 Å².